The average Bonchev–Trinajstić information content (AvgIpc) is 3.32. The number of anilines is 1. The number of hydrogen-bond donors (Lipinski definition) is 0. The van der Waals surface area contributed by atoms with Crippen LogP contribution in [0.15, 0.2) is 60.7 Å². The van der Waals surface area contributed by atoms with E-state index in [0.717, 1.165) is 42.0 Å². The highest BCUT2D eigenvalue weighted by Gasteiger charge is 2.26. The molecule has 2 heterocycles. The molecule has 0 saturated heterocycles. The van der Waals surface area contributed by atoms with E-state index in [-0.39, 0.29) is 17.7 Å². The molecule has 7 nitrogen and oxygen atoms in total. The van der Waals surface area contributed by atoms with Gasteiger partial charge >= 0.3 is 0 Å². The van der Waals surface area contributed by atoms with Crippen LogP contribution in [0, 0.1) is 5.92 Å². The Morgan fingerprint density at radius 2 is 1.68 bits per heavy atom. The number of aryl methyl sites for hydroxylation is 1. The lowest BCUT2D eigenvalue weighted by Gasteiger charge is -2.28. The summed E-state index contributed by atoms with van der Waals surface area (Å²) < 4.78 is 1.80. The van der Waals surface area contributed by atoms with Crippen molar-refractivity contribution in [3.05, 3.63) is 71.9 Å². The molecule has 0 radical (unpaired) electrons. The fourth-order valence-electron chi connectivity index (χ4n) is 4.85. The number of rotatable bonds is 5. The quantitative estimate of drug-likeness (QED) is 0.498. The predicted octanol–water partition coefficient (Wildman–Crippen LogP) is 4.93. The Kier molecular flexibility index (Phi) is 8.77. The molecule has 7 heteroatoms. The number of likely N-dealkylation sites (N-methyl/N-ethyl adjacent to an activating group) is 1. The SMILES string of the molecule is CCn1nc(-c2ccccc2)cc1C(=O)N1CCN(C)CCCN(C(=O)CC(C)C)c2ccccc2C1. The van der Waals surface area contributed by atoms with Gasteiger partial charge in [-0.1, -0.05) is 62.4 Å². The van der Waals surface area contributed by atoms with Crippen molar-refractivity contribution in [2.75, 3.05) is 38.1 Å². The Labute approximate surface area is 220 Å². The molecule has 0 fully saturated rings. The Bertz CT molecular complexity index is 1200. The van der Waals surface area contributed by atoms with E-state index in [1.165, 1.54) is 0 Å². The van der Waals surface area contributed by atoms with E-state index in [4.69, 9.17) is 5.10 Å². The zero-order valence-corrected chi connectivity index (χ0v) is 22.6. The first-order valence-electron chi connectivity index (χ1n) is 13.4. The van der Waals surface area contributed by atoms with Gasteiger partial charge in [-0.05, 0) is 50.6 Å². The van der Waals surface area contributed by atoms with Gasteiger partial charge in [0.1, 0.15) is 5.69 Å². The van der Waals surface area contributed by atoms with Gasteiger partial charge in [0.25, 0.3) is 5.91 Å². The van der Waals surface area contributed by atoms with Crippen molar-refractivity contribution >= 4 is 17.5 Å². The Morgan fingerprint density at radius 3 is 2.41 bits per heavy atom. The zero-order chi connectivity index (χ0) is 26.4. The first-order valence-corrected chi connectivity index (χ1v) is 13.4. The number of aromatic nitrogens is 2. The van der Waals surface area contributed by atoms with Crippen molar-refractivity contribution < 1.29 is 9.59 Å². The zero-order valence-electron chi connectivity index (χ0n) is 22.6. The van der Waals surface area contributed by atoms with Crippen LogP contribution < -0.4 is 4.90 Å². The Balaban J connectivity index is 1.70. The van der Waals surface area contributed by atoms with Gasteiger partial charge in [0.15, 0.2) is 0 Å². The number of fused-ring (bicyclic) bond motifs is 1. The summed E-state index contributed by atoms with van der Waals surface area (Å²) in [7, 11) is 2.08. The third-order valence-corrected chi connectivity index (χ3v) is 6.86. The first-order chi connectivity index (χ1) is 17.9. The van der Waals surface area contributed by atoms with Crippen LogP contribution in [0.2, 0.25) is 0 Å². The lowest BCUT2D eigenvalue weighted by molar-refractivity contribution is -0.119. The molecule has 3 aromatic rings. The first kappa shape index (κ1) is 26.6. The smallest absolute Gasteiger partial charge is 0.272 e. The highest BCUT2D eigenvalue weighted by Crippen LogP contribution is 2.26. The van der Waals surface area contributed by atoms with Crippen molar-refractivity contribution in [3.63, 3.8) is 0 Å². The van der Waals surface area contributed by atoms with Crippen molar-refractivity contribution in [2.24, 2.45) is 5.92 Å². The van der Waals surface area contributed by atoms with E-state index in [2.05, 4.69) is 25.8 Å². The maximum atomic E-state index is 14.0. The summed E-state index contributed by atoms with van der Waals surface area (Å²) in [6.07, 6.45) is 1.39. The third kappa shape index (κ3) is 6.46. The van der Waals surface area contributed by atoms with E-state index in [0.29, 0.717) is 38.3 Å². The lowest BCUT2D eigenvalue weighted by Crippen LogP contribution is -2.38. The molecule has 0 unspecified atom stereocenters. The van der Waals surface area contributed by atoms with Gasteiger partial charge in [0.2, 0.25) is 5.91 Å². The molecule has 0 N–H and O–H groups in total. The van der Waals surface area contributed by atoms with Crippen molar-refractivity contribution in [2.45, 2.75) is 46.7 Å². The van der Waals surface area contributed by atoms with E-state index >= 15 is 0 Å². The molecule has 4 rings (SSSR count). The van der Waals surface area contributed by atoms with Crippen LogP contribution in [0.25, 0.3) is 11.3 Å². The van der Waals surface area contributed by atoms with Crippen LogP contribution in [-0.2, 0) is 17.9 Å². The molecule has 1 aromatic heterocycles. The number of benzene rings is 2. The van der Waals surface area contributed by atoms with Crippen LogP contribution >= 0.6 is 0 Å². The number of carbonyl (C=O) groups excluding carboxylic acids is 2. The van der Waals surface area contributed by atoms with Crippen molar-refractivity contribution in [1.82, 2.24) is 19.6 Å². The molecular weight excluding hydrogens is 462 g/mol. The Hall–Kier alpha value is -3.45. The fourth-order valence-corrected chi connectivity index (χ4v) is 4.85. The summed E-state index contributed by atoms with van der Waals surface area (Å²) in [6, 6.07) is 19.9. The molecule has 1 aliphatic heterocycles. The maximum Gasteiger partial charge on any atom is 0.272 e. The van der Waals surface area contributed by atoms with Crippen LogP contribution in [-0.4, -0.2) is 64.6 Å². The number of nitrogens with zero attached hydrogens (tertiary/aromatic N) is 5. The van der Waals surface area contributed by atoms with E-state index in [1.807, 2.05) is 77.4 Å². The van der Waals surface area contributed by atoms with Crippen molar-refractivity contribution in [1.29, 1.82) is 0 Å². The second-order valence-corrected chi connectivity index (χ2v) is 10.3. The standard InChI is InChI=1S/C30H39N5O2/c1-5-35-28(21-26(31-35)24-12-7-6-8-13-24)30(37)33-19-18-32(4)16-11-17-34(29(36)20-23(2)3)27-15-10-9-14-25(27)22-33/h6-10,12-15,21,23H,5,11,16-20,22H2,1-4H3. The van der Waals surface area contributed by atoms with Gasteiger partial charge in [0.05, 0.1) is 5.69 Å². The van der Waals surface area contributed by atoms with E-state index in [9.17, 15) is 9.59 Å². The summed E-state index contributed by atoms with van der Waals surface area (Å²) in [6.45, 7) is 10.1. The number of hydrogen-bond acceptors (Lipinski definition) is 4. The minimum Gasteiger partial charge on any atom is -0.332 e. The van der Waals surface area contributed by atoms with Crippen LogP contribution in [0.1, 0.15) is 49.7 Å². The summed E-state index contributed by atoms with van der Waals surface area (Å²) >= 11 is 0. The van der Waals surface area contributed by atoms with E-state index in [1.54, 1.807) is 4.68 Å². The molecule has 2 aromatic carbocycles. The van der Waals surface area contributed by atoms with Crippen molar-refractivity contribution in [3.8, 4) is 11.3 Å². The topological polar surface area (TPSA) is 61.7 Å². The summed E-state index contributed by atoms with van der Waals surface area (Å²) in [5.41, 5.74) is 4.27. The molecule has 196 valence electrons. The van der Waals surface area contributed by atoms with Crippen LogP contribution in [0.4, 0.5) is 5.69 Å². The molecule has 1 aliphatic rings. The maximum absolute atomic E-state index is 14.0. The lowest BCUT2D eigenvalue weighted by atomic mass is 10.1. The molecule has 0 aliphatic carbocycles. The number of carbonyl (C=O) groups is 2. The minimum absolute atomic E-state index is 0.0426. The third-order valence-electron chi connectivity index (χ3n) is 6.86. The summed E-state index contributed by atoms with van der Waals surface area (Å²) in [5.74, 6) is 0.379. The summed E-state index contributed by atoms with van der Waals surface area (Å²) in [4.78, 5) is 33.4. The second-order valence-electron chi connectivity index (χ2n) is 10.3. The highest BCUT2D eigenvalue weighted by molar-refractivity contribution is 5.95. The monoisotopic (exact) mass is 501 g/mol. The minimum atomic E-state index is -0.0426. The number of amides is 2. The molecular formula is C30H39N5O2. The largest absolute Gasteiger partial charge is 0.332 e. The highest BCUT2D eigenvalue weighted by atomic mass is 16.2. The Morgan fingerprint density at radius 1 is 0.946 bits per heavy atom. The molecule has 0 bridgehead atoms. The normalized spacial score (nSPS) is 15.4. The molecule has 2 amide bonds. The van der Waals surface area contributed by atoms with Gasteiger partial charge in [-0.15, -0.1) is 0 Å². The number of para-hydroxylation sites is 1. The van der Waals surface area contributed by atoms with E-state index < -0.39 is 0 Å². The predicted molar refractivity (Wildman–Crippen MR) is 148 cm³/mol. The van der Waals surface area contributed by atoms with Crippen LogP contribution in [0.5, 0.6) is 0 Å². The second kappa shape index (κ2) is 12.2. The van der Waals surface area contributed by atoms with Gasteiger partial charge in [-0.25, -0.2) is 0 Å². The van der Waals surface area contributed by atoms with Gasteiger partial charge in [-0.2, -0.15) is 5.10 Å². The van der Waals surface area contributed by atoms with Crippen LogP contribution in [0.3, 0.4) is 0 Å². The van der Waals surface area contributed by atoms with Gasteiger partial charge < -0.3 is 14.7 Å². The molecule has 0 spiro atoms. The fraction of sp³-hybridized carbons (Fsp3) is 0.433. The molecule has 0 saturated carbocycles. The molecule has 0 atom stereocenters. The van der Waals surface area contributed by atoms with Gasteiger partial charge in [-0.3, -0.25) is 14.3 Å². The van der Waals surface area contributed by atoms with Gasteiger partial charge in [0, 0.05) is 50.4 Å². The average molecular weight is 502 g/mol. The molecule has 37 heavy (non-hydrogen) atoms. The summed E-state index contributed by atoms with van der Waals surface area (Å²) in [5, 5.41) is 4.73.